The van der Waals surface area contributed by atoms with Gasteiger partial charge < -0.3 is 18.9 Å². The van der Waals surface area contributed by atoms with E-state index in [4.69, 9.17) is 31.8 Å². The van der Waals surface area contributed by atoms with Crippen LogP contribution in [0.5, 0.6) is 0 Å². The van der Waals surface area contributed by atoms with Gasteiger partial charge in [-0.2, -0.15) is 0 Å². The van der Waals surface area contributed by atoms with Crippen LogP contribution in [0.3, 0.4) is 0 Å². The van der Waals surface area contributed by atoms with Crippen molar-refractivity contribution >= 4 is 0 Å². The third-order valence-electron chi connectivity index (χ3n) is 4.37. The molecule has 0 aromatic carbocycles. The maximum atomic E-state index is 5.65. The summed E-state index contributed by atoms with van der Waals surface area (Å²) in [7, 11) is 0. The molecule has 0 saturated carbocycles. The molecule has 0 amide bonds. The normalized spacial score (nSPS) is 22.1. The van der Waals surface area contributed by atoms with Crippen LogP contribution >= 0.6 is 0 Å². The minimum atomic E-state index is -1.36. The average Bonchev–Trinajstić information content (AvgIpc) is 2.72. The Kier molecular flexibility index (Phi) is 7.21. The fraction of sp³-hybridized carbons (Fsp3) is 0.556. The van der Waals surface area contributed by atoms with Crippen molar-refractivity contribution < 1.29 is 18.9 Å². The number of rotatable bonds is 0. The molecule has 2 rings (SSSR count). The fourth-order valence-corrected chi connectivity index (χ4v) is 2.37. The van der Waals surface area contributed by atoms with Crippen molar-refractivity contribution in [1.29, 1.82) is 0 Å². The summed E-state index contributed by atoms with van der Waals surface area (Å²) in [6, 6.07) is 0. The Bertz CT molecular complexity index is 926. The molecule has 4 heteroatoms. The van der Waals surface area contributed by atoms with Gasteiger partial charge in [-0.1, -0.05) is 39.5 Å². The molecule has 2 fully saturated rings. The second kappa shape index (κ2) is 9.14. The first kappa shape index (κ1) is 24.5. The molecule has 0 bridgehead atoms. The van der Waals surface area contributed by atoms with Crippen molar-refractivity contribution in [2.45, 2.75) is 53.1 Å². The predicted octanol–water partition coefficient (Wildman–Crippen LogP) is 2.83. The lowest BCUT2D eigenvalue weighted by atomic mass is 9.94. The minimum absolute atomic E-state index is 0.103. The molecule has 2 aliphatic heterocycles. The lowest BCUT2D eigenvalue weighted by Crippen LogP contribution is -2.45. The van der Waals surface area contributed by atoms with E-state index < -0.39 is 17.0 Å². The molecule has 0 aliphatic carbocycles. The lowest BCUT2D eigenvalue weighted by molar-refractivity contribution is -0.234. The zero-order valence-corrected chi connectivity index (χ0v) is 19.1. The zero-order chi connectivity index (χ0) is 23.2. The van der Waals surface area contributed by atoms with E-state index >= 15 is 0 Å². The molecule has 160 valence electrons. The highest BCUT2D eigenvalue weighted by Gasteiger charge is 2.39. The van der Waals surface area contributed by atoms with Crippen LogP contribution in [0.1, 0.15) is 41.5 Å². The molecule has 2 aliphatic rings. The quantitative estimate of drug-likeness (QED) is 0.569. The van der Waals surface area contributed by atoms with E-state index in [1.54, 1.807) is 0 Å². The van der Waals surface area contributed by atoms with Gasteiger partial charge in [0, 0.05) is 10.8 Å². The molecular formula is C27H28O4. The van der Waals surface area contributed by atoms with Crippen LogP contribution in [0.2, 0.25) is 0 Å². The van der Waals surface area contributed by atoms with Gasteiger partial charge in [0.15, 0.2) is 0 Å². The van der Waals surface area contributed by atoms with Gasteiger partial charge in [-0.05, 0) is 61.2 Å². The summed E-state index contributed by atoms with van der Waals surface area (Å²) >= 11 is 0. The molecule has 0 atom stereocenters. The highest BCUT2D eigenvalue weighted by atomic mass is 16.7. The van der Waals surface area contributed by atoms with Crippen molar-refractivity contribution in [2.75, 3.05) is 26.4 Å². The van der Waals surface area contributed by atoms with E-state index in [9.17, 15) is 0 Å². The van der Waals surface area contributed by atoms with Crippen molar-refractivity contribution in [3.05, 3.63) is 0 Å². The maximum Gasteiger partial charge on any atom is 0.301 e. The SMILES string of the molecule is C#CC1(C#CC#CC(C)(C)C#CC#CC2(C#C)OCC(C)(C)CO2)OCC(C)(C)CO1. The molecule has 2 saturated heterocycles. The van der Waals surface area contributed by atoms with Gasteiger partial charge in [-0.3, -0.25) is 0 Å². The Balaban J connectivity index is 2.05. The second-order valence-corrected chi connectivity index (χ2v) is 9.63. The fourth-order valence-electron chi connectivity index (χ4n) is 2.37. The van der Waals surface area contributed by atoms with Gasteiger partial charge in [0.1, 0.15) is 0 Å². The standard InChI is InChI=1S/C27H28O4/c1-9-26(28-19-24(5,6)20-29-26)17-13-11-15-23(3,4)16-12-14-18-27(10-2)30-21-25(7,8)22-31-27/h1-2H,19-22H2,3-8H3. The Morgan fingerprint density at radius 1 is 0.613 bits per heavy atom. The van der Waals surface area contributed by atoms with Crippen molar-refractivity contribution in [3.8, 4) is 72.1 Å². The third kappa shape index (κ3) is 7.14. The number of ether oxygens (including phenoxy) is 4. The summed E-state index contributed by atoms with van der Waals surface area (Å²) in [5, 5.41) is 0. The van der Waals surface area contributed by atoms with Crippen molar-refractivity contribution in [1.82, 2.24) is 0 Å². The van der Waals surface area contributed by atoms with E-state index in [0.29, 0.717) is 26.4 Å². The molecule has 0 N–H and O–H groups in total. The second-order valence-electron chi connectivity index (χ2n) is 9.63. The van der Waals surface area contributed by atoms with Gasteiger partial charge >= 0.3 is 11.6 Å². The van der Waals surface area contributed by atoms with Gasteiger partial charge in [0.05, 0.1) is 31.8 Å². The summed E-state index contributed by atoms with van der Waals surface area (Å²) in [6.45, 7) is 13.7. The van der Waals surface area contributed by atoms with E-state index in [0.717, 1.165) is 0 Å². The predicted molar refractivity (Wildman–Crippen MR) is 119 cm³/mol. The number of hydrogen-bond donors (Lipinski definition) is 0. The Morgan fingerprint density at radius 3 is 1.23 bits per heavy atom. The molecular weight excluding hydrogens is 388 g/mol. The van der Waals surface area contributed by atoms with Crippen LogP contribution in [-0.2, 0) is 18.9 Å². The molecule has 31 heavy (non-hydrogen) atoms. The third-order valence-corrected chi connectivity index (χ3v) is 4.37. The molecule has 0 unspecified atom stereocenters. The molecule has 4 nitrogen and oxygen atoms in total. The van der Waals surface area contributed by atoms with Gasteiger partial charge in [0.2, 0.25) is 0 Å². The Hall–Kier alpha value is -2.80. The van der Waals surface area contributed by atoms with E-state index in [2.05, 4.69) is 59.2 Å². The van der Waals surface area contributed by atoms with Gasteiger partial charge in [-0.15, -0.1) is 12.8 Å². The molecule has 0 aromatic rings. The zero-order valence-electron chi connectivity index (χ0n) is 19.1. The first-order valence-electron chi connectivity index (χ1n) is 9.96. The highest BCUT2D eigenvalue weighted by molar-refractivity contribution is 5.40. The van der Waals surface area contributed by atoms with Gasteiger partial charge in [-0.25, -0.2) is 0 Å². The summed E-state index contributed by atoms with van der Waals surface area (Å²) < 4.78 is 22.6. The lowest BCUT2D eigenvalue weighted by Gasteiger charge is -2.37. The number of terminal acetylenes is 2. The molecule has 0 spiro atoms. The first-order valence-corrected chi connectivity index (χ1v) is 9.96. The minimum Gasteiger partial charge on any atom is -0.329 e. The largest absolute Gasteiger partial charge is 0.329 e. The van der Waals surface area contributed by atoms with Crippen LogP contribution in [0, 0.1) is 88.3 Å². The molecule has 2 heterocycles. The van der Waals surface area contributed by atoms with Crippen LogP contribution in [-0.4, -0.2) is 38.0 Å². The average molecular weight is 417 g/mol. The van der Waals surface area contributed by atoms with E-state index in [1.165, 1.54) is 0 Å². The van der Waals surface area contributed by atoms with Crippen molar-refractivity contribution in [3.63, 3.8) is 0 Å². The Labute approximate surface area is 187 Å². The van der Waals surface area contributed by atoms with Crippen LogP contribution < -0.4 is 0 Å². The summed E-state index contributed by atoms with van der Waals surface area (Å²) in [6.07, 6.45) is 11.1. The van der Waals surface area contributed by atoms with Crippen LogP contribution in [0.15, 0.2) is 0 Å². The van der Waals surface area contributed by atoms with Crippen LogP contribution in [0.4, 0.5) is 0 Å². The Morgan fingerprint density at radius 2 is 0.935 bits per heavy atom. The van der Waals surface area contributed by atoms with E-state index in [-0.39, 0.29) is 10.8 Å². The smallest absolute Gasteiger partial charge is 0.301 e. The highest BCUT2D eigenvalue weighted by Crippen LogP contribution is 2.29. The molecule has 0 radical (unpaired) electrons. The van der Waals surface area contributed by atoms with Crippen molar-refractivity contribution in [2.24, 2.45) is 16.2 Å². The summed E-state index contributed by atoms with van der Waals surface area (Å²) in [4.78, 5) is 0. The summed E-state index contributed by atoms with van der Waals surface area (Å²) in [5.74, 6) is 24.7. The van der Waals surface area contributed by atoms with Gasteiger partial charge in [0.25, 0.3) is 0 Å². The van der Waals surface area contributed by atoms with E-state index in [1.807, 2.05) is 41.5 Å². The molecule has 0 aromatic heterocycles. The topological polar surface area (TPSA) is 36.9 Å². The maximum absolute atomic E-state index is 5.65. The monoisotopic (exact) mass is 416 g/mol. The summed E-state index contributed by atoms with van der Waals surface area (Å²) in [5.41, 5.74) is -0.856. The first-order chi connectivity index (χ1) is 14.4. The van der Waals surface area contributed by atoms with Crippen LogP contribution in [0.25, 0.3) is 0 Å². The number of hydrogen-bond acceptors (Lipinski definition) is 4.